The molecule has 0 spiro atoms. The maximum absolute atomic E-state index is 15.0. The number of alkyl halides is 1. The summed E-state index contributed by atoms with van der Waals surface area (Å²) >= 11 is 0. The van der Waals surface area contributed by atoms with Gasteiger partial charge in [-0.15, -0.1) is 0 Å². The Hall–Kier alpha value is -1.77. The van der Waals surface area contributed by atoms with Crippen LogP contribution in [-0.4, -0.2) is 17.7 Å². The maximum Gasteiger partial charge on any atom is 0.178 e. The summed E-state index contributed by atoms with van der Waals surface area (Å²) in [5.74, 6) is 0.427. The van der Waals surface area contributed by atoms with Crippen molar-refractivity contribution in [1.29, 1.82) is 0 Å². The normalized spacial score (nSPS) is 43.2. The van der Waals surface area contributed by atoms with Gasteiger partial charge >= 0.3 is 0 Å². The lowest BCUT2D eigenvalue weighted by atomic mass is 9.52. The molecular formula is C21H23FO2. The Balaban J connectivity index is 1.80. The lowest BCUT2D eigenvalue weighted by Crippen LogP contribution is -2.46. The summed E-state index contributed by atoms with van der Waals surface area (Å²) in [4.78, 5) is 23.8. The first-order valence-electron chi connectivity index (χ1n) is 8.79. The van der Waals surface area contributed by atoms with E-state index in [0.29, 0.717) is 12.0 Å². The predicted molar refractivity (Wildman–Crippen MR) is 91.0 cm³/mol. The van der Waals surface area contributed by atoms with Crippen LogP contribution in [0.3, 0.4) is 0 Å². The van der Waals surface area contributed by atoms with Crippen molar-refractivity contribution in [2.75, 3.05) is 0 Å². The summed E-state index contributed by atoms with van der Waals surface area (Å²) in [7, 11) is 0. The van der Waals surface area contributed by atoms with E-state index in [2.05, 4.69) is 19.1 Å². The van der Waals surface area contributed by atoms with Crippen LogP contribution in [0.15, 0.2) is 47.1 Å². The zero-order valence-corrected chi connectivity index (χ0v) is 14.4. The molecule has 0 saturated heterocycles. The fourth-order valence-corrected chi connectivity index (χ4v) is 5.66. The third kappa shape index (κ3) is 1.87. The number of Topliss-reactive ketones (excluding diaryl/α,β-unsaturated/α-hetero) is 1. The molecule has 4 rings (SSSR count). The highest BCUT2D eigenvalue weighted by Gasteiger charge is 2.55. The summed E-state index contributed by atoms with van der Waals surface area (Å²) in [5, 5.41) is 0. The number of allylic oxidation sites excluding steroid dienone is 8. The number of carbonyl (C=O) groups excluding carboxylic acids is 2. The van der Waals surface area contributed by atoms with Crippen molar-refractivity contribution in [2.45, 2.75) is 46.2 Å². The molecule has 0 aromatic heterocycles. The molecule has 126 valence electrons. The number of rotatable bonds is 1. The molecule has 1 fully saturated rings. The Labute approximate surface area is 142 Å². The van der Waals surface area contributed by atoms with Crippen molar-refractivity contribution >= 4 is 11.6 Å². The van der Waals surface area contributed by atoms with Crippen molar-refractivity contribution in [2.24, 2.45) is 22.7 Å². The highest BCUT2D eigenvalue weighted by atomic mass is 19.1. The first kappa shape index (κ1) is 15.7. The molecule has 2 nitrogen and oxygen atoms in total. The fourth-order valence-electron chi connectivity index (χ4n) is 5.66. The van der Waals surface area contributed by atoms with Gasteiger partial charge in [0.2, 0.25) is 0 Å². The first-order valence-corrected chi connectivity index (χ1v) is 8.79. The van der Waals surface area contributed by atoms with Gasteiger partial charge in [0.15, 0.2) is 11.6 Å². The molecule has 4 aliphatic carbocycles. The van der Waals surface area contributed by atoms with Crippen LogP contribution in [0.2, 0.25) is 0 Å². The van der Waals surface area contributed by atoms with Gasteiger partial charge in [-0.05, 0) is 68.2 Å². The van der Waals surface area contributed by atoms with Crippen molar-refractivity contribution in [3.8, 4) is 0 Å². The second kappa shape index (κ2) is 4.87. The van der Waals surface area contributed by atoms with E-state index in [1.165, 1.54) is 11.6 Å². The van der Waals surface area contributed by atoms with Crippen molar-refractivity contribution < 1.29 is 14.0 Å². The van der Waals surface area contributed by atoms with E-state index in [9.17, 15) is 14.0 Å². The summed E-state index contributed by atoms with van der Waals surface area (Å²) in [6, 6.07) is 0. The Bertz CT molecular complexity index is 769. The minimum absolute atomic E-state index is 0.119. The van der Waals surface area contributed by atoms with Crippen molar-refractivity contribution in [1.82, 2.24) is 0 Å². The highest BCUT2D eigenvalue weighted by molar-refractivity contribution is 6.01. The van der Waals surface area contributed by atoms with Crippen LogP contribution in [0, 0.1) is 22.7 Å². The van der Waals surface area contributed by atoms with E-state index in [0.717, 1.165) is 18.4 Å². The SMILES string of the molecule is CC(=O)C1=CC[C@H]2[C@@H]3C[C@H](F)C4=CC(=O)C=C[C@]4(C)C3=CC[C@]12C. The summed E-state index contributed by atoms with van der Waals surface area (Å²) in [6.45, 7) is 5.82. The van der Waals surface area contributed by atoms with Crippen LogP contribution < -0.4 is 0 Å². The Morgan fingerprint density at radius 3 is 2.71 bits per heavy atom. The molecule has 0 bridgehead atoms. The smallest absolute Gasteiger partial charge is 0.178 e. The van der Waals surface area contributed by atoms with Gasteiger partial charge in [-0.1, -0.05) is 30.7 Å². The molecule has 0 amide bonds. The molecule has 0 unspecified atom stereocenters. The summed E-state index contributed by atoms with van der Waals surface area (Å²) < 4.78 is 15.0. The number of hydrogen-bond donors (Lipinski definition) is 0. The molecule has 1 saturated carbocycles. The Kier molecular flexibility index (Phi) is 3.20. The van der Waals surface area contributed by atoms with Gasteiger partial charge in [-0.25, -0.2) is 4.39 Å². The minimum atomic E-state index is -1.09. The molecule has 3 heteroatoms. The molecule has 5 atom stereocenters. The van der Waals surface area contributed by atoms with Gasteiger partial charge in [0, 0.05) is 10.8 Å². The third-order valence-electron chi connectivity index (χ3n) is 6.90. The minimum Gasteiger partial charge on any atom is -0.295 e. The Morgan fingerprint density at radius 2 is 2.00 bits per heavy atom. The average Bonchev–Trinajstić information content (AvgIpc) is 2.87. The van der Waals surface area contributed by atoms with Gasteiger partial charge in [-0.3, -0.25) is 9.59 Å². The van der Waals surface area contributed by atoms with Crippen LogP contribution in [0.25, 0.3) is 0 Å². The molecule has 0 heterocycles. The fraction of sp³-hybridized carbons (Fsp3) is 0.524. The number of carbonyl (C=O) groups is 2. The lowest BCUT2D eigenvalue weighted by Gasteiger charge is -2.52. The predicted octanol–water partition coefficient (Wildman–Crippen LogP) is 4.29. The van der Waals surface area contributed by atoms with Gasteiger partial charge in [0.1, 0.15) is 6.17 Å². The van der Waals surface area contributed by atoms with Gasteiger partial charge in [0.25, 0.3) is 0 Å². The number of hydrogen-bond acceptors (Lipinski definition) is 2. The van der Waals surface area contributed by atoms with Crippen molar-refractivity contribution in [3.05, 3.63) is 47.1 Å². The molecule has 0 aromatic carbocycles. The van der Waals surface area contributed by atoms with Crippen LogP contribution in [0.5, 0.6) is 0 Å². The second-order valence-electron chi connectivity index (χ2n) is 8.14. The molecule has 0 radical (unpaired) electrons. The Morgan fingerprint density at radius 1 is 1.25 bits per heavy atom. The quantitative estimate of drug-likeness (QED) is 0.674. The largest absolute Gasteiger partial charge is 0.295 e. The maximum atomic E-state index is 15.0. The third-order valence-corrected chi connectivity index (χ3v) is 6.90. The standard InChI is InChI=1S/C21H23FO2/c1-12(23)15-4-5-16-14-11-19(22)18-10-13(24)6-8-21(18,3)17(14)7-9-20(15,16)2/h4,6-8,10,14,16,19H,5,9,11H2,1-3H3/t14-,16-,19-,20+,21+/m0/s1. The first-order chi connectivity index (χ1) is 11.3. The van der Waals surface area contributed by atoms with E-state index < -0.39 is 11.6 Å². The lowest BCUT2D eigenvalue weighted by molar-refractivity contribution is -0.115. The summed E-state index contributed by atoms with van der Waals surface area (Å²) in [6.07, 6.45) is 10.2. The zero-order valence-electron chi connectivity index (χ0n) is 14.4. The average molecular weight is 326 g/mol. The van der Waals surface area contributed by atoms with Crippen molar-refractivity contribution in [3.63, 3.8) is 0 Å². The summed E-state index contributed by atoms with van der Waals surface area (Å²) in [5.41, 5.74) is 2.10. The topological polar surface area (TPSA) is 34.1 Å². The molecule has 0 N–H and O–H groups in total. The van der Waals surface area contributed by atoms with E-state index in [1.54, 1.807) is 13.0 Å². The van der Waals surface area contributed by atoms with Crippen LogP contribution >= 0.6 is 0 Å². The van der Waals surface area contributed by atoms with E-state index >= 15 is 0 Å². The van der Waals surface area contributed by atoms with Crippen LogP contribution in [0.4, 0.5) is 4.39 Å². The monoisotopic (exact) mass is 326 g/mol. The molecule has 4 aliphatic rings. The van der Waals surface area contributed by atoms with Gasteiger partial charge in [-0.2, -0.15) is 0 Å². The van der Waals surface area contributed by atoms with Crippen LogP contribution in [-0.2, 0) is 9.59 Å². The highest BCUT2D eigenvalue weighted by Crippen LogP contribution is 2.62. The van der Waals surface area contributed by atoms with E-state index in [-0.39, 0.29) is 28.8 Å². The number of ketones is 2. The number of halogens is 1. The van der Waals surface area contributed by atoms with E-state index in [4.69, 9.17) is 0 Å². The van der Waals surface area contributed by atoms with Gasteiger partial charge < -0.3 is 0 Å². The molecular weight excluding hydrogens is 303 g/mol. The van der Waals surface area contributed by atoms with E-state index in [1.807, 2.05) is 13.0 Å². The molecule has 24 heavy (non-hydrogen) atoms. The van der Waals surface area contributed by atoms with Crippen LogP contribution in [0.1, 0.15) is 40.0 Å². The zero-order chi connectivity index (χ0) is 17.3. The van der Waals surface area contributed by atoms with Gasteiger partial charge in [0.05, 0.1) is 0 Å². The second-order valence-corrected chi connectivity index (χ2v) is 8.14. The molecule has 0 aromatic rings. The number of fused-ring (bicyclic) bond motifs is 5. The molecule has 0 aliphatic heterocycles.